The summed E-state index contributed by atoms with van der Waals surface area (Å²) in [4.78, 5) is 26.1. The number of carbonyl (C=O) groups excluding carboxylic acids is 1. The molecule has 1 aromatic heterocycles. The molecule has 0 saturated carbocycles. The number of amides is 1. The molecule has 1 heterocycles. The number of rotatable bonds is 4. The van der Waals surface area contributed by atoms with Crippen LogP contribution in [0.3, 0.4) is 0 Å². The summed E-state index contributed by atoms with van der Waals surface area (Å²) in [7, 11) is 0. The van der Waals surface area contributed by atoms with E-state index in [9.17, 15) is 14.0 Å². The normalized spacial score (nSPS) is 10.1. The highest BCUT2D eigenvalue weighted by atomic mass is 19.1. The standard InChI is InChI=1S/C13H10FN3O4/c14-8-2-1-3-9(10(8)11(16)18)21-12-7(13(19)20)4-6(15)5-17-12/h1-5H,15H2,(H2,16,18)(H,19,20). The van der Waals surface area contributed by atoms with Crippen molar-refractivity contribution in [3.05, 3.63) is 47.4 Å². The number of nitrogens with zero attached hydrogens (tertiary/aromatic N) is 1. The van der Waals surface area contributed by atoms with Gasteiger partial charge in [0.2, 0.25) is 5.88 Å². The van der Waals surface area contributed by atoms with Gasteiger partial charge in [-0.25, -0.2) is 14.2 Å². The van der Waals surface area contributed by atoms with Gasteiger partial charge in [-0.05, 0) is 18.2 Å². The molecule has 0 unspecified atom stereocenters. The van der Waals surface area contributed by atoms with Gasteiger partial charge < -0.3 is 21.3 Å². The molecule has 0 aliphatic heterocycles. The molecule has 1 amide bonds. The van der Waals surface area contributed by atoms with Gasteiger partial charge in [-0.3, -0.25) is 4.79 Å². The number of hydrogen-bond donors (Lipinski definition) is 3. The topological polar surface area (TPSA) is 129 Å². The van der Waals surface area contributed by atoms with Gasteiger partial charge in [0.25, 0.3) is 5.91 Å². The number of hydrogen-bond acceptors (Lipinski definition) is 5. The van der Waals surface area contributed by atoms with Gasteiger partial charge in [-0.1, -0.05) is 6.07 Å². The molecule has 2 aromatic rings. The van der Waals surface area contributed by atoms with Gasteiger partial charge in [0.1, 0.15) is 22.7 Å². The van der Waals surface area contributed by atoms with Crippen LogP contribution in [0.1, 0.15) is 20.7 Å². The minimum Gasteiger partial charge on any atom is -0.477 e. The number of carboxylic acid groups (broad SMARTS) is 1. The lowest BCUT2D eigenvalue weighted by atomic mass is 10.1. The van der Waals surface area contributed by atoms with E-state index in [0.29, 0.717) is 0 Å². The van der Waals surface area contributed by atoms with Crippen LogP contribution in [-0.4, -0.2) is 22.0 Å². The fourth-order valence-corrected chi connectivity index (χ4v) is 1.64. The fraction of sp³-hybridized carbons (Fsp3) is 0. The monoisotopic (exact) mass is 291 g/mol. The Morgan fingerprint density at radius 2 is 2.05 bits per heavy atom. The lowest BCUT2D eigenvalue weighted by molar-refractivity contribution is 0.0693. The molecule has 0 fully saturated rings. The highest BCUT2D eigenvalue weighted by Gasteiger charge is 2.19. The largest absolute Gasteiger partial charge is 0.477 e. The maximum Gasteiger partial charge on any atom is 0.341 e. The molecule has 108 valence electrons. The number of carboxylic acids is 1. The lowest BCUT2D eigenvalue weighted by Gasteiger charge is -2.11. The van der Waals surface area contributed by atoms with Crippen LogP contribution < -0.4 is 16.2 Å². The maximum atomic E-state index is 13.6. The molecule has 0 radical (unpaired) electrons. The first kappa shape index (κ1) is 14.3. The van der Waals surface area contributed by atoms with Gasteiger partial charge >= 0.3 is 5.97 Å². The third-order valence-corrected chi connectivity index (χ3v) is 2.53. The Bertz CT molecular complexity index is 733. The molecule has 7 nitrogen and oxygen atoms in total. The van der Waals surface area contributed by atoms with Crippen LogP contribution in [0.5, 0.6) is 11.6 Å². The summed E-state index contributed by atoms with van der Waals surface area (Å²) in [5, 5.41) is 9.06. The van der Waals surface area contributed by atoms with Gasteiger partial charge in [-0.2, -0.15) is 0 Å². The van der Waals surface area contributed by atoms with E-state index in [1.54, 1.807) is 0 Å². The van der Waals surface area contributed by atoms with Crippen LogP contribution in [-0.2, 0) is 0 Å². The number of ether oxygens (including phenoxy) is 1. The van der Waals surface area contributed by atoms with Crippen LogP contribution in [0, 0.1) is 5.82 Å². The lowest BCUT2D eigenvalue weighted by Crippen LogP contribution is -2.15. The molecule has 1 aromatic carbocycles. The molecule has 5 N–H and O–H groups in total. The minimum atomic E-state index is -1.33. The van der Waals surface area contributed by atoms with Crippen LogP contribution in [0.15, 0.2) is 30.5 Å². The zero-order chi connectivity index (χ0) is 15.6. The van der Waals surface area contributed by atoms with E-state index in [4.69, 9.17) is 21.3 Å². The molecule has 0 spiro atoms. The molecule has 21 heavy (non-hydrogen) atoms. The Morgan fingerprint density at radius 3 is 2.67 bits per heavy atom. The number of halogens is 1. The average molecular weight is 291 g/mol. The van der Waals surface area contributed by atoms with E-state index in [-0.39, 0.29) is 22.9 Å². The second kappa shape index (κ2) is 5.45. The predicted molar refractivity (Wildman–Crippen MR) is 70.6 cm³/mol. The molecule has 0 aliphatic carbocycles. The Morgan fingerprint density at radius 1 is 1.33 bits per heavy atom. The molecule has 0 bridgehead atoms. The first-order valence-corrected chi connectivity index (χ1v) is 5.65. The number of benzene rings is 1. The highest BCUT2D eigenvalue weighted by Crippen LogP contribution is 2.28. The first-order chi connectivity index (χ1) is 9.90. The molecule has 0 aliphatic rings. The van der Waals surface area contributed by atoms with Crippen molar-refractivity contribution in [2.75, 3.05) is 5.73 Å². The van der Waals surface area contributed by atoms with Crippen LogP contribution in [0.4, 0.5) is 10.1 Å². The van der Waals surface area contributed by atoms with Crippen LogP contribution in [0.2, 0.25) is 0 Å². The van der Waals surface area contributed by atoms with Crippen molar-refractivity contribution in [1.82, 2.24) is 4.98 Å². The van der Waals surface area contributed by atoms with Crippen molar-refractivity contribution in [3.8, 4) is 11.6 Å². The van der Waals surface area contributed by atoms with Crippen molar-refractivity contribution >= 4 is 17.6 Å². The summed E-state index contributed by atoms with van der Waals surface area (Å²) in [5.74, 6) is -3.82. The summed E-state index contributed by atoms with van der Waals surface area (Å²) in [6.07, 6.45) is 1.17. The minimum absolute atomic E-state index is 0.120. The summed E-state index contributed by atoms with van der Waals surface area (Å²) in [6.45, 7) is 0. The average Bonchev–Trinajstić information content (AvgIpc) is 2.40. The molecule has 8 heteroatoms. The van der Waals surface area contributed by atoms with Crippen molar-refractivity contribution in [2.24, 2.45) is 5.73 Å². The van der Waals surface area contributed by atoms with E-state index < -0.39 is 23.3 Å². The van der Waals surface area contributed by atoms with E-state index >= 15 is 0 Å². The Balaban J connectivity index is 2.51. The summed E-state index contributed by atoms with van der Waals surface area (Å²) in [5.41, 5.74) is 9.82. The number of aromatic carboxylic acids is 1. The molecule has 2 rings (SSSR count). The van der Waals surface area contributed by atoms with E-state index in [2.05, 4.69) is 4.98 Å². The van der Waals surface area contributed by atoms with Crippen molar-refractivity contribution in [1.29, 1.82) is 0 Å². The number of nitrogen functional groups attached to an aromatic ring is 1. The Kier molecular flexibility index (Phi) is 3.70. The molecule has 0 atom stereocenters. The zero-order valence-electron chi connectivity index (χ0n) is 10.5. The predicted octanol–water partition coefficient (Wildman–Crippen LogP) is 1.39. The molecule has 0 saturated heterocycles. The second-order valence-electron chi connectivity index (χ2n) is 4.01. The zero-order valence-corrected chi connectivity index (χ0v) is 10.5. The van der Waals surface area contributed by atoms with Gasteiger partial charge in [0.15, 0.2) is 0 Å². The van der Waals surface area contributed by atoms with Crippen LogP contribution >= 0.6 is 0 Å². The van der Waals surface area contributed by atoms with Gasteiger partial charge in [-0.15, -0.1) is 0 Å². The number of primary amides is 1. The molecular formula is C13H10FN3O4. The van der Waals surface area contributed by atoms with Gasteiger partial charge in [0, 0.05) is 0 Å². The number of carbonyl (C=O) groups is 2. The Labute approximate surface area is 118 Å². The summed E-state index contributed by atoms with van der Waals surface area (Å²) >= 11 is 0. The van der Waals surface area contributed by atoms with Gasteiger partial charge in [0.05, 0.1) is 11.9 Å². The third kappa shape index (κ3) is 2.89. The quantitative estimate of drug-likeness (QED) is 0.780. The van der Waals surface area contributed by atoms with E-state index in [1.807, 2.05) is 0 Å². The summed E-state index contributed by atoms with van der Waals surface area (Å²) in [6, 6.07) is 4.72. The van der Waals surface area contributed by atoms with Crippen LogP contribution in [0.25, 0.3) is 0 Å². The van der Waals surface area contributed by atoms with Crippen molar-refractivity contribution < 1.29 is 23.8 Å². The smallest absolute Gasteiger partial charge is 0.341 e. The highest BCUT2D eigenvalue weighted by molar-refractivity contribution is 5.96. The fourth-order valence-electron chi connectivity index (χ4n) is 1.64. The maximum absolute atomic E-state index is 13.6. The molecular weight excluding hydrogens is 281 g/mol. The van der Waals surface area contributed by atoms with E-state index in [0.717, 1.165) is 12.1 Å². The number of pyridine rings is 1. The number of nitrogens with two attached hydrogens (primary N) is 2. The number of aromatic nitrogens is 1. The SMILES string of the molecule is NC(=O)c1c(F)cccc1Oc1ncc(N)cc1C(=O)O. The summed E-state index contributed by atoms with van der Waals surface area (Å²) < 4.78 is 18.8. The number of anilines is 1. The first-order valence-electron chi connectivity index (χ1n) is 5.65. The Hall–Kier alpha value is -3.16. The second-order valence-corrected chi connectivity index (χ2v) is 4.01. The third-order valence-electron chi connectivity index (χ3n) is 2.53. The van der Waals surface area contributed by atoms with Crippen molar-refractivity contribution in [2.45, 2.75) is 0 Å². The van der Waals surface area contributed by atoms with Crippen molar-refractivity contribution in [3.63, 3.8) is 0 Å². The van der Waals surface area contributed by atoms with E-state index in [1.165, 1.54) is 18.3 Å².